The van der Waals surface area contributed by atoms with Crippen molar-refractivity contribution in [3.05, 3.63) is 50.9 Å². The molecule has 8 heteroatoms. The summed E-state index contributed by atoms with van der Waals surface area (Å²) < 4.78 is 19.6. The molecule has 5 nitrogen and oxygen atoms in total. The third-order valence-electron chi connectivity index (χ3n) is 3.45. The second kappa shape index (κ2) is 8.96. The molecule has 1 aromatic carbocycles. The van der Waals surface area contributed by atoms with Crippen LogP contribution >= 0.6 is 27.3 Å². The number of carbonyl (C=O) groups is 2. The molecule has 1 heterocycles. The van der Waals surface area contributed by atoms with Gasteiger partial charge in [0.15, 0.2) is 11.6 Å². The van der Waals surface area contributed by atoms with E-state index in [9.17, 15) is 14.0 Å². The highest BCUT2D eigenvalue weighted by atomic mass is 79.9. The summed E-state index contributed by atoms with van der Waals surface area (Å²) in [5, 5.41) is 0. The van der Waals surface area contributed by atoms with Crippen LogP contribution in [0, 0.1) is 5.82 Å². The first-order valence-electron chi connectivity index (χ1n) is 7.50. The number of ether oxygens (including phenoxy) is 1. The van der Waals surface area contributed by atoms with Crippen LogP contribution in [0.3, 0.4) is 0 Å². The topological polar surface area (TPSA) is 49.9 Å². The van der Waals surface area contributed by atoms with Gasteiger partial charge in [-0.15, -0.1) is 11.3 Å². The summed E-state index contributed by atoms with van der Waals surface area (Å²) in [6, 6.07) is 9.60. The zero-order valence-corrected chi connectivity index (χ0v) is 16.3. The predicted molar refractivity (Wildman–Crippen MR) is 98.5 cm³/mol. The number of hydrogen-bond donors (Lipinski definition) is 0. The first-order chi connectivity index (χ1) is 11.9. The Kier molecular flexibility index (Phi) is 6.95. The van der Waals surface area contributed by atoms with E-state index in [4.69, 9.17) is 4.74 Å². The van der Waals surface area contributed by atoms with Crippen molar-refractivity contribution in [2.24, 2.45) is 0 Å². The number of likely N-dealkylation sites (N-methyl/N-ethyl adjacent to an activating group) is 2. The van der Waals surface area contributed by atoms with E-state index < -0.39 is 5.82 Å². The highest BCUT2D eigenvalue weighted by molar-refractivity contribution is 9.11. The number of hydrogen-bond acceptors (Lipinski definition) is 4. The molecule has 0 bridgehead atoms. The normalized spacial score (nSPS) is 10.4. The molecule has 0 radical (unpaired) electrons. The van der Waals surface area contributed by atoms with E-state index >= 15 is 0 Å². The highest BCUT2D eigenvalue weighted by Crippen LogP contribution is 2.23. The van der Waals surface area contributed by atoms with Gasteiger partial charge in [0.2, 0.25) is 5.91 Å². The standard InChI is InChI=1S/C17H18BrFN2O3S/c1-20(9-10-24-13-6-4-3-5-12(13)19)16(22)11-21(2)17(23)14-7-8-15(18)25-14/h3-8H,9-11H2,1-2H3. The van der Waals surface area contributed by atoms with E-state index in [-0.39, 0.29) is 30.7 Å². The Balaban J connectivity index is 1.79. The summed E-state index contributed by atoms with van der Waals surface area (Å²) in [5.41, 5.74) is 0. The minimum absolute atomic E-state index is 0.0372. The minimum Gasteiger partial charge on any atom is -0.489 e. The lowest BCUT2D eigenvalue weighted by Gasteiger charge is -2.22. The summed E-state index contributed by atoms with van der Waals surface area (Å²) in [6.07, 6.45) is 0. The van der Waals surface area contributed by atoms with Crippen LogP contribution in [0.1, 0.15) is 9.67 Å². The smallest absolute Gasteiger partial charge is 0.264 e. The molecule has 1 aromatic heterocycles. The van der Waals surface area contributed by atoms with Gasteiger partial charge in [0.1, 0.15) is 6.61 Å². The first kappa shape index (κ1) is 19.4. The molecule has 2 amide bonds. The predicted octanol–water partition coefficient (Wildman–Crippen LogP) is 3.26. The molecule has 0 saturated carbocycles. The SMILES string of the molecule is CN(CCOc1ccccc1F)C(=O)CN(C)C(=O)c1ccc(Br)s1. The Bertz CT molecular complexity index is 753. The minimum atomic E-state index is -0.441. The molecule has 0 N–H and O–H groups in total. The fourth-order valence-electron chi connectivity index (χ4n) is 1.99. The third kappa shape index (κ3) is 5.54. The van der Waals surface area contributed by atoms with Crippen molar-refractivity contribution >= 4 is 39.1 Å². The Labute approximate surface area is 158 Å². The van der Waals surface area contributed by atoms with Crippen molar-refractivity contribution in [1.29, 1.82) is 0 Å². The fraction of sp³-hybridized carbons (Fsp3) is 0.294. The molecular formula is C17H18BrFN2O3S. The van der Waals surface area contributed by atoms with E-state index in [0.29, 0.717) is 11.4 Å². The third-order valence-corrected chi connectivity index (χ3v) is 5.06. The number of carbonyl (C=O) groups excluding carboxylic acids is 2. The average Bonchev–Trinajstić information content (AvgIpc) is 3.02. The van der Waals surface area contributed by atoms with E-state index in [1.807, 2.05) is 0 Å². The Morgan fingerprint density at radius 1 is 1.16 bits per heavy atom. The van der Waals surface area contributed by atoms with Crippen LogP contribution in [0.4, 0.5) is 4.39 Å². The summed E-state index contributed by atoms with van der Waals surface area (Å²) in [5.74, 6) is -0.716. The molecule has 0 aliphatic carbocycles. The number of para-hydroxylation sites is 1. The maximum atomic E-state index is 13.4. The van der Waals surface area contributed by atoms with Crippen molar-refractivity contribution in [1.82, 2.24) is 9.80 Å². The molecule has 134 valence electrons. The van der Waals surface area contributed by atoms with Crippen molar-refractivity contribution < 1.29 is 18.7 Å². The van der Waals surface area contributed by atoms with Gasteiger partial charge in [0.25, 0.3) is 5.91 Å². The molecule has 25 heavy (non-hydrogen) atoms. The van der Waals surface area contributed by atoms with Gasteiger partial charge in [-0.1, -0.05) is 12.1 Å². The van der Waals surface area contributed by atoms with Crippen LogP contribution in [-0.4, -0.2) is 55.4 Å². The molecule has 0 unspecified atom stereocenters. The molecule has 2 aromatic rings. The number of halogens is 2. The van der Waals surface area contributed by atoms with Crippen LogP contribution in [0.15, 0.2) is 40.2 Å². The quantitative estimate of drug-likeness (QED) is 0.679. The zero-order chi connectivity index (χ0) is 18.4. The first-order valence-corrected chi connectivity index (χ1v) is 9.11. The Hall–Kier alpha value is -1.93. The van der Waals surface area contributed by atoms with Crippen LogP contribution in [0.25, 0.3) is 0 Å². The second-order valence-corrected chi connectivity index (χ2v) is 7.82. The number of thiophene rings is 1. The lowest BCUT2D eigenvalue weighted by molar-refractivity contribution is -0.130. The zero-order valence-electron chi connectivity index (χ0n) is 13.9. The summed E-state index contributed by atoms with van der Waals surface area (Å²) in [7, 11) is 3.20. The van der Waals surface area contributed by atoms with Gasteiger partial charge in [-0.25, -0.2) is 4.39 Å². The number of rotatable bonds is 7. The van der Waals surface area contributed by atoms with Crippen LogP contribution in [0.5, 0.6) is 5.75 Å². The second-order valence-electron chi connectivity index (χ2n) is 5.36. The molecule has 0 fully saturated rings. The molecule has 0 aliphatic heterocycles. The lowest BCUT2D eigenvalue weighted by Crippen LogP contribution is -2.40. The van der Waals surface area contributed by atoms with E-state index in [0.717, 1.165) is 3.79 Å². The van der Waals surface area contributed by atoms with Gasteiger partial charge >= 0.3 is 0 Å². The summed E-state index contributed by atoms with van der Waals surface area (Å²) in [6.45, 7) is 0.420. The maximum absolute atomic E-state index is 13.4. The monoisotopic (exact) mass is 428 g/mol. The van der Waals surface area contributed by atoms with Gasteiger partial charge in [0.05, 0.1) is 21.8 Å². The lowest BCUT2D eigenvalue weighted by atomic mass is 10.3. The highest BCUT2D eigenvalue weighted by Gasteiger charge is 2.18. The van der Waals surface area contributed by atoms with Crippen molar-refractivity contribution in [3.8, 4) is 5.75 Å². The molecular weight excluding hydrogens is 411 g/mol. The van der Waals surface area contributed by atoms with Crippen molar-refractivity contribution in [2.45, 2.75) is 0 Å². The Morgan fingerprint density at radius 2 is 1.88 bits per heavy atom. The number of benzene rings is 1. The fourth-order valence-corrected chi connectivity index (χ4v) is 3.37. The van der Waals surface area contributed by atoms with Crippen molar-refractivity contribution in [3.63, 3.8) is 0 Å². The molecule has 2 rings (SSSR count). The molecule has 0 saturated heterocycles. The summed E-state index contributed by atoms with van der Waals surface area (Å²) in [4.78, 5) is 27.8. The van der Waals surface area contributed by atoms with E-state index in [1.165, 1.54) is 33.3 Å². The Morgan fingerprint density at radius 3 is 2.52 bits per heavy atom. The van der Waals surface area contributed by atoms with Gasteiger partial charge in [-0.2, -0.15) is 0 Å². The maximum Gasteiger partial charge on any atom is 0.264 e. The largest absolute Gasteiger partial charge is 0.489 e. The molecule has 0 atom stereocenters. The van der Waals surface area contributed by atoms with Crippen LogP contribution in [0.2, 0.25) is 0 Å². The van der Waals surface area contributed by atoms with Gasteiger partial charge in [-0.05, 0) is 40.2 Å². The van der Waals surface area contributed by atoms with Gasteiger partial charge in [0, 0.05) is 14.1 Å². The number of amides is 2. The van der Waals surface area contributed by atoms with Gasteiger partial charge < -0.3 is 14.5 Å². The number of nitrogens with zero attached hydrogens (tertiary/aromatic N) is 2. The average molecular weight is 429 g/mol. The van der Waals surface area contributed by atoms with Crippen LogP contribution in [-0.2, 0) is 4.79 Å². The van der Waals surface area contributed by atoms with E-state index in [1.54, 1.807) is 38.4 Å². The molecule has 0 aliphatic rings. The molecule has 0 spiro atoms. The van der Waals surface area contributed by atoms with Gasteiger partial charge in [-0.3, -0.25) is 9.59 Å². The summed E-state index contributed by atoms with van der Waals surface area (Å²) >= 11 is 4.63. The van der Waals surface area contributed by atoms with E-state index in [2.05, 4.69) is 15.9 Å². The van der Waals surface area contributed by atoms with Crippen molar-refractivity contribution in [2.75, 3.05) is 33.8 Å². The van der Waals surface area contributed by atoms with Crippen LogP contribution < -0.4 is 4.74 Å².